The second-order valence-corrected chi connectivity index (χ2v) is 13.3. The minimum Gasteiger partial charge on any atom is -0.467 e. The lowest BCUT2D eigenvalue weighted by molar-refractivity contribution is -0.155. The summed E-state index contributed by atoms with van der Waals surface area (Å²) in [5, 5.41) is 5.46. The van der Waals surface area contributed by atoms with Gasteiger partial charge in [-0.15, -0.1) is 0 Å². The number of fused-ring (bicyclic) bond motifs is 3. The molecule has 3 rings (SSSR count). The van der Waals surface area contributed by atoms with E-state index in [9.17, 15) is 19.2 Å². The van der Waals surface area contributed by atoms with Crippen LogP contribution in [0.1, 0.15) is 121 Å². The van der Waals surface area contributed by atoms with Crippen molar-refractivity contribution in [1.29, 1.82) is 0 Å². The van der Waals surface area contributed by atoms with Crippen molar-refractivity contribution in [2.75, 3.05) is 20.3 Å². The highest BCUT2D eigenvalue weighted by molar-refractivity contribution is 5.82. The van der Waals surface area contributed by atoms with Gasteiger partial charge >= 0.3 is 18.0 Å². The van der Waals surface area contributed by atoms with Gasteiger partial charge in [0.15, 0.2) is 0 Å². The normalized spacial score (nSPS) is 12.9. The van der Waals surface area contributed by atoms with Crippen molar-refractivity contribution in [1.82, 2.24) is 10.6 Å². The maximum atomic E-state index is 12.7. The molecule has 0 aliphatic heterocycles. The van der Waals surface area contributed by atoms with Gasteiger partial charge in [-0.2, -0.15) is 0 Å². The van der Waals surface area contributed by atoms with E-state index in [1.165, 1.54) is 26.4 Å². The number of alkyl carbamates (subject to hydrolysis) is 1. The molecule has 0 saturated heterocycles. The molecule has 0 radical (unpaired) electrons. The third-order valence-corrected chi connectivity index (χ3v) is 8.33. The monoisotopic (exact) mass is 650 g/mol. The Bertz CT molecular complexity index is 1260. The van der Waals surface area contributed by atoms with Crippen LogP contribution in [-0.2, 0) is 28.6 Å². The maximum absolute atomic E-state index is 12.7. The molecule has 1 atom stereocenters. The molecule has 0 saturated carbocycles. The molecule has 0 spiro atoms. The highest BCUT2D eigenvalue weighted by atomic mass is 16.6. The van der Waals surface area contributed by atoms with Crippen LogP contribution >= 0.6 is 0 Å². The molecule has 0 heterocycles. The molecule has 0 fully saturated rings. The summed E-state index contributed by atoms with van der Waals surface area (Å²) in [6, 6.07) is 15.2. The second kappa shape index (κ2) is 19.7. The lowest BCUT2D eigenvalue weighted by Crippen LogP contribution is -2.44. The maximum Gasteiger partial charge on any atom is 0.407 e. The first-order valence-corrected chi connectivity index (χ1v) is 17.3. The molecule has 1 aliphatic rings. The standard InChI is InChI=1S/C38H54N2O7/c1-38(2,3)47-35(42)24-14-12-10-8-6-5-7-9-11-13-23-34(41)39-26-25-33(36(43)45-4)40-37(44)46-27-32-30-21-17-15-19-28(30)29-20-16-18-22-31(29)32/h15-22,32-33H,5-14,23-27H2,1-4H3,(H,39,41)(H,40,44)/t33-/m0/s1. The van der Waals surface area contributed by atoms with Gasteiger partial charge in [-0.25, -0.2) is 9.59 Å². The van der Waals surface area contributed by atoms with Crippen molar-refractivity contribution in [3.8, 4) is 11.1 Å². The topological polar surface area (TPSA) is 120 Å². The molecule has 2 N–H and O–H groups in total. The Labute approximate surface area is 280 Å². The van der Waals surface area contributed by atoms with Crippen LogP contribution in [0.2, 0.25) is 0 Å². The number of hydrogen-bond donors (Lipinski definition) is 2. The molecular formula is C38H54N2O7. The first-order valence-electron chi connectivity index (χ1n) is 17.3. The minimum atomic E-state index is -0.930. The lowest BCUT2D eigenvalue weighted by Gasteiger charge is -2.19. The van der Waals surface area contributed by atoms with E-state index < -0.39 is 23.7 Å². The number of carbonyl (C=O) groups is 4. The number of nitrogens with one attached hydrogen (secondary N) is 2. The molecular weight excluding hydrogens is 596 g/mol. The Hall–Kier alpha value is -3.88. The van der Waals surface area contributed by atoms with Gasteiger partial charge in [-0.05, 0) is 62.3 Å². The summed E-state index contributed by atoms with van der Waals surface area (Å²) >= 11 is 0. The molecule has 1 aliphatic carbocycles. The average molecular weight is 651 g/mol. The Morgan fingerprint density at radius 3 is 1.79 bits per heavy atom. The molecule has 2 aromatic rings. The zero-order chi connectivity index (χ0) is 34.1. The number of rotatable bonds is 20. The molecule has 0 unspecified atom stereocenters. The average Bonchev–Trinajstić information content (AvgIpc) is 3.36. The van der Waals surface area contributed by atoms with E-state index in [2.05, 4.69) is 22.8 Å². The van der Waals surface area contributed by atoms with Crippen molar-refractivity contribution in [3.05, 3.63) is 59.7 Å². The van der Waals surface area contributed by atoms with Crippen LogP contribution in [0.5, 0.6) is 0 Å². The van der Waals surface area contributed by atoms with Crippen LogP contribution in [0, 0.1) is 0 Å². The predicted octanol–water partition coefficient (Wildman–Crippen LogP) is 7.60. The molecule has 47 heavy (non-hydrogen) atoms. The molecule has 9 nitrogen and oxygen atoms in total. The number of ether oxygens (including phenoxy) is 3. The van der Waals surface area contributed by atoms with E-state index in [4.69, 9.17) is 14.2 Å². The minimum absolute atomic E-state index is 0.0684. The second-order valence-electron chi connectivity index (χ2n) is 13.3. The van der Waals surface area contributed by atoms with Crippen molar-refractivity contribution in [2.24, 2.45) is 0 Å². The van der Waals surface area contributed by atoms with Crippen LogP contribution < -0.4 is 10.6 Å². The Balaban J connectivity index is 1.23. The van der Waals surface area contributed by atoms with Crippen LogP contribution in [0.15, 0.2) is 48.5 Å². The van der Waals surface area contributed by atoms with Crippen LogP contribution in [0.3, 0.4) is 0 Å². The van der Waals surface area contributed by atoms with E-state index in [-0.39, 0.29) is 37.4 Å². The fourth-order valence-corrected chi connectivity index (χ4v) is 5.98. The first kappa shape index (κ1) is 37.6. The summed E-state index contributed by atoms with van der Waals surface area (Å²) in [7, 11) is 1.27. The molecule has 0 bridgehead atoms. The number of amides is 2. The third kappa shape index (κ3) is 13.4. The van der Waals surface area contributed by atoms with Crippen molar-refractivity contribution in [2.45, 2.75) is 122 Å². The Morgan fingerprint density at radius 1 is 0.745 bits per heavy atom. The van der Waals surface area contributed by atoms with Crippen LogP contribution in [-0.4, -0.2) is 55.8 Å². The fraction of sp³-hybridized carbons (Fsp3) is 0.579. The van der Waals surface area contributed by atoms with Gasteiger partial charge in [0.05, 0.1) is 7.11 Å². The highest BCUT2D eigenvalue weighted by Gasteiger charge is 2.30. The Kier molecular flexibility index (Phi) is 15.8. The molecule has 2 amide bonds. The lowest BCUT2D eigenvalue weighted by atomic mass is 9.98. The predicted molar refractivity (Wildman–Crippen MR) is 183 cm³/mol. The van der Waals surface area contributed by atoms with Gasteiger partial charge in [0.25, 0.3) is 0 Å². The van der Waals surface area contributed by atoms with E-state index in [1.54, 1.807) is 0 Å². The Morgan fingerprint density at radius 2 is 1.26 bits per heavy atom. The van der Waals surface area contributed by atoms with Gasteiger partial charge in [-0.3, -0.25) is 9.59 Å². The molecule has 9 heteroatoms. The van der Waals surface area contributed by atoms with E-state index in [0.717, 1.165) is 67.2 Å². The number of methoxy groups -OCH3 is 1. The number of esters is 2. The van der Waals surface area contributed by atoms with Crippen molar-refractivity contribution >= 4 is 23.9 Å². The summed E-state index contributed by atoms with van der Waals surface area (Å²) in [4.78, 5) is 49.1. The zero-order valence-electron chi connectivity index (χ0n) is 28.7. The van der Waals surface area contributed by atoms with Gasteiger partial charge in [0, 0.05) is 25.3 Å². The number of unbranched alkanes of at least 4 members (excludes halogenated alkanes) is 9. The highest BCUT2D eigenvalue weighted by Crippen LogP contribution is 2.44. The van der Waals surface area contributed by atoms with Crippen LogP contribution in [0.25, 0.3) is 11.1 Å². The van der Waals surface area contributed by atoms with E-state index in [1.807, 2.05) is 57.2 Å². The summed E-state index contributed by atoms with van der Waals surface area (Å²) in [5.41, 5.74) is 4.07. The van der Waals surface area contributed by atoms with Crippen molar-refractivity contribution < 1.29 is 33.4 Å². The smallest absolute Gasteiger partial charge is 0.407 e. The molecule has 258 valence electrons. The quantitative estimate of drug-likeness (QED) is 0.0860. The first-order chi connectivity index (χ1) is 22.6. The van der Waals surface area contributed by atoms with Gasteiger partial charge in [0.1, 0.15) is 18.2 Å². The summed E-state index contributed by atoms with van der Waals surface area (Å²) in [6.07, 6.45) is 11.1. The third-order valence-electron chi connectivity index (χ3n) is 8.33. The van der Waals surface area contributed by atoms with Crippen LogP contribution in [0.4, 0.5) is 4.79 Å². The SMILES string of the molecule is COC(=O)[C@H](CCNC(=O)CCCCCCCCCCCCC(=O)OC(C)(C)C)NC(=O)OCC1c2ccccc2-c2ccccc21. The number of carbonyl (C=O) groups excluding carboxylic acids is 4. The number of hydrogen-bond acceptors (Lipinski definition) is 7. The van der Waals surface area contributed by atoms with Gasteiger partial charge < -0.3 is 24.8 Å². The van der Waals surface area contributed by atoms with E-state index >= 15 is 0 Å². The number of benzene rings is 2. The summed E-state index contributed by atoms with van der Waals surface area (Å²) < 4.78 is 15.8. The molecule has 0 aromatic heterocycles. The van der Waals surface area contributed by atoms with E-state index in [0.29, 0.717) is 12.8 Å². The summed E-state index contributed by atoms with van der Waals surface area (Å²) in [5.74, 6) is -0.855. The fourth-order valence-electron chi connectivity index (χ4n) is 5.98. The summed E-state index contributed by atoms with van der Waals surface area (Å²) in [6.45, 7) is 6.05. The van der Waals surface area contributed by atoms with Gasteiger partial charge in [-0.1, -0.05) is 99.9 Å². The largest absolute Gasteiger partial charge is 0.467 e. The molecule has 2 aromatic carbocycles. The van der Waals surface area contributed by atoms with Crippen molar-refractivity contribution in [3.63, 3.8) is 0 Å². The van der Waals surface area contributed by atoms with Gasteiger partial charge in [0.2, 0.25) is 5.91 Å². The zero-order valence-corrected chi connectivity index (χ0v) is 28.7.